The molecule has 3 rings (SSSR count). The summed E-state index contributed by atoms with van der Waals surface area (Å²) in [6.07, 6.45) is -1.91. The molecule has 1 saturated heterocycles. The SMILES string of the molecule is COc1cc(CNC(=O)CCCC/C=C/C(C)C)ccc1O[C@@H]1O[C@H](CO)[C@@H](O)C[C@H]1O[C@@H]1C[C@H](CO)[C@@H](O)[C@H](O)[C@H]1O. The first kappa shape index (κ1) is 35.2. The third-order valence-electron chi connectivity index (χ3n) is 7.88. The maximum atomic E-state index is 12.3. The van der Waals surface area contributed by atoms with Gasteiger partial charge in [-0.1, -0.05) is 32.1 Å². The lowest BCUT2D eigenvalue weighted by atomic mass is 9.81. The highest BCUT2D eigenvalue weighted by atomic mass is 16.7. The number of unbranched alkanes of at least 4 members (excludes halogenated alkanes) is 2. The van der Waals surface area contributed by atoms with Crippen LogP contribution in [0.2, 0.25) is 0 Å². The Morgan fingerprint density at radius 1 is 1.02 bits per heavy atom. The maximum absolute atomic E-state index is 12.3. The van der Waals surface area contributed by atoms with E-state index in [1.165, 1.54) is 7.11 Å². The van der Waals surface area contributed by atoms with Crippen LogP contribution >= 0.6 is 0 Å². The molecule has 1 amide bonds. The highest BCUT2D eigenvalue weighted by Gasteiger charge is 2.47. The standard InChI is InChI=1S/C31H49NO11/c1-18(2)8-6-4-5-7-9-27(36)32-15-19-10-11-22(23(12-19)40-3)42-31-25(14-21(35)26(17-34)43-31)41-24-13-20(16-33)28(37)30(39)29(24)38/h6,8,10-12,18,20-21,24-26,28-31,33-35,37-39H,4-5,7,9,13-17H2,1-3H3,(H,32,36)/b8-6+/t20-,21+,24-,25-,26-,28-,29+,30+,31-/m1/s1. The minimum atomic E-state index is -1.53. The fourth-order valence-corrected chi connectivity index (χ4v) is 5.31. The van der Waals surface area contributed by atoms with Crippen LogP contribution in [-0.4, -0.2) is 106 Å². The summed E-state index contributed by atoms with van der Waals surface area (Å²) >= 11 is 0. The van der Waals surface area contributed by atoms with Crippen LogP contribution in [0.25, 0.3) is 0 Å². The molecule has 12 heteroatoms. The van der Waals surface area contributed by atoms with Crippen molar-refractivity contribution in [2.24, 2.45) is 11.8 Å². The van der Waals surface area contributed by atoms with Crippen LogP contribution in [-0.2, 0) is 20.8 Å². The molecule has 0 spiro atoms. The van der Waals surface area contributed by atoms with E-state index in [1.54, 1.807) is 18.2 Å². The molecule has 0 radical (unpaired) electrons. The van der Waals surface area contributed by atoms with Crippen molar-refractivity contribution in [1.82, 2.24) is 5.32 Å². The lowest BCUT2D eigenvalue weighted by Gasteiger charge is -2.44. The normalized spacial score (nSPS) is 31.3. The summed E-state index contributed by atoms with van der Waals surface area (Å²) in [4.78, 5) is 12.3. The summed E-state index contributed by atoms with van der Waals surface area (Å²) in [5.74, 6) is 0.403. The van der Waals surface area contributed by atoms with Gasteiger partial charge < -0.3 is 54.9 Å². The molecule has 7 N–H and O–H groups in total. The van der Waals surface area contributed by atoms with Crippen LogP contribution in [0.1, 0.15) is 57.9 Å². The van der Waals surface area contributed by atoms with Crippen LogP contribution in [0.3, 0.4) is 0 Å². The van der Waals surface area contributed by atoms with Crippen molar-refractivity contribution >= 4 is 5.91 Å². The average molecular weight is 612 g/mol. The number of hydrogen-bond acceptors (Lipinski definition) is 11. The van der Waals surface area contributed by atoms with Gasteiger partial charge in [0.25, 0.3) is 0 Å². The van der Waals surface area contributed by atoms with Gasteiger partial charge in [-0.05, 0) is 49.3 Å². The third-order valence-corrected chi connectivity index (χ3v) is 7.88. The van der Waals surface area contributed by atoms with Gasteiger partial charge in [0.2, 0.25) is 12.2 Å². The first-order valence-corrected chi connectivity index (χ1v) is 15.1. The molecule has 9 atom stereocenters. The Balaban J connectivity index is 1.63. The Hall–Kier alpha value is -2.29. The molecule has 0 aromatic heterocycles. The summed E-state index contributed by atoms with van der Waals surface area (Å²) in [6, 6.07) is 5.14. The highest BCUT2D eigenvalue weighted by molar-refractivity contribution is 5.75. The zero-order valence-corrected chi connectivity index (χ0v) is 25.2. The van der Waals surface area contributed by atoms with E-state index >= 15 is 0 Å². The summed E-state index contributed by atoms with van der Waals surface area (Å²) < 4.78 is 23.5. The fourth-order valence-electron chi connectivity index (χ4n) is 5.31. The Bertz CT molecular complexity index is 1020. The number of nitrogens with one attached hydrogen (secondary N) is 1. The van der Waals surface area contributed by atoms with Crippen molar-refractivity contribution in [3.8, 4) is 11.5 Å². The van der Waals surface area contributed by atoms with Crippen LogP contribution < -0.4 is 14.8 Å². The van der Waals surface area contributed by atoms with Gasteiger partial charge in [0.05, 0.1) is 32.0 Å². The van der Waals surface area contributed by atoms with Crippen LogP contribution in [0.5, 0.6) is 11.5 Å². The molecule has 2 aliphatic rings. The molecule has 12 nitrogen and oxygen atoms in total. The van der Waals surface area contributed by atoms with E-state index in [1.807, 2.05) is 0 Å². The van der Waals surface area contributed by atoms with Gasteiger partial charge in [-0.3, -0.25) is 4.79 Å². The van der Waals surface area contributed by atoms with Crippen molar-refractivity contribution in [2.75, 3.05) is 20.3 Å². The number of aliphatic hydroxyl groups excluding tert-OH is 6. The zero-order valence-electron chi connectivity index (χ0n) is 25.2. The van der Waals surface area contributed by atoms with E-state index in [-0.39, 0.29) is 24.5 Å². The average Bonchev–Trinajstić information content (AvgIpc) is 2.99. The molecule has 1 aliphatic carbocycles. The molecule has 0 unspecified atom stereocenters. The van der Waals surface area contributed by atoms with E-state index in [4.69, 9.17) is 18.9 Å². The van der Waals surface area contributed by atoms with E-state index in [9.17, 15) is 35.4 Å². The summed E-state index contributed by atoms with van der Waals surface area (Å²) in [5, 5.41) is 63.7. The number of methoxy groups -OCH3 is 1. The summed E-state index contributed by atoms with van der Waals surface area (Å²) in [7, 11) is 1.47. The lowest BCUT2D eigenvalue weighted by Crippen LogP contribution is -2.58. The lowest BCUT2D eigenvalue weighted by molar-refractivity contribution is -0.277. The van der Waals surface area contributed by atoms with Crippen molar-refractivity contribution in [1.29, 1.82) is 0 Å². The summed E-state index contributed by atoms with van der Waals surface area (Å²) in [6.45, 7) is 3.67. The topological polar surface area (TPSA) is 187 Å². The largest absolute Gasteiger partial charge is 0.493 e. The number of amides is 1. The van der Waals surface area contributed by atoms with Gasteiger partial charge in [-0.2, -0.15) is 0 Å². The smallest absolute Gasteiger partial charge is 0.227 e. The monoisotopic (exact) mass is 611 g/mol. The first-order valence-electron chi connectivity index (χ1n) is 15.1. The fraction of sp³-hybridized carbons (Fsp3) is 0.710. The molecular weight excluding hydrogens is 562 g/mol. The predicted molar refractivity (Wildman–Crippen MR) is 156 cm³/mol. The molecule has 1 heterocycles. The Labute approximate surface area is 253 Å². The second kappa shape index (κ2) is 17.3. The Morgan fingerprint density at radius 2 is 1.79 bits per heavy atom. The van der Waals surface area contributed by atoms with Crippen molar-refractivity contribution in [3.63, 3.8) is 0 Å². The number of hydrogen-bond donors (Lipinski definition) is 7. The molecule has 1 aliphatic heterocycles. The van der Waals surface area contributed by atoms with Gasteiger partial charge in [-0.15, -0.1) is 0 Å². The van der Waals surface area contributed by atoms with Crippen LogP contribution in [0, 0.1) is 11.8 Å². The third kappa shape index (κ3) is 10.1. The Morgan fingerprint density at radius 3 is 2.47 bits per heavy atom. The zero-order chi connectivity index (χ0) is 31.5. The number of rotatable bonds is 15. The predicted octanol–water partition coefficient (Wildman–Crippen LogP) is 0.780. The second-order valence-corrected chi connectivity index (χ2v) is 11.7. The van der Waals surface area contributed by atoms with E-state index in [0.29, 0.717) is 24.6 Å². The van der Waals surface area contributed by atoms with Gasteiger partial charge in [0.1, 0.15) is 24.4 Å². The molecular formula is C31H49NO11. The number of carbonyl (C=O) groups is 1. The van der Waals surface area contributed by atoms with Gasteiger partial charge in [-0.25, -0.2) is 0 Å². The highest BCUT2D eigenvalue weighted by Crippen LogP contribution is 2.35. The maximum Gasteiger partial charge on any atom is 0.227 e. The van der Waals surface area contributed by atoms with Crippen molar-refractivity contribution < 1.29 is 54.4 Å². The van der Waals surface area contributed by atoms with Gasteiger partial charge >= 0.3 is 0 Å². The Kier molecular flexibility index (Phi) is 14.1. The quantitative estimate of drug-likeness (QED) is 0.110. The minimum absolute atomic E-state index is 0.0119. The molecule has 244 valence electrons. The summed E-state index contributed by atoms with van der Waals surface area (Å²) in [5.41, 5.74) is 0.784. The van der Waals surface area contributed by atoms with Crippen molar-refractivity contribution in [2.45, 2.75) is 108 Å². The molecule has 1 aromatic rings. The second-order valence-electron chi connectivity index (χ2n) is 11.7. The van der Waals surface area contributed by atoms with E-state index < -0.39 is 68.1 Å². The van der Waals surface area contributed by atoms with E-state index in [0.717, 1.165) is 24.8 Å². The van der Waals surface area contributed by atoms with Crippen molar-refractivity contribution in [3.05, 3.63) is 35.9 Å². The number of allylic oxidation sites excluding steroid dienone is 2. The number of carbonyl (C=O) groups excluding carboxylic acids is 1. The van der Waals surface area contributed by atoms with Crippen LogP contribution in [0.15, 0.2) is 30.4 Å². The number of aliphatic hydroxyl groups is 6. The van der Waals surface area contributed by atoms with Gasteiger partial charge in [0.15, 0.2) is 11.5 Å². The minimum Gasteiger partial charge on any atom is -0.493 e. The first-order chi connectivity index (χ1) is 20.6. The molecule has 43 heavy (non-hydrogen) atoms. The van der Waals surface area contributed by atoms with E-state index in [2.05, 4.69) is 31.3 Å². The number of benzene rings is 1. The molecule has 1 aromatic carbocycles. The van der Waals surface area contributed by atoms with Gasteiger partial charge in [0, 0.05) is 31.9 Å². The van der Waals surface area contributed by atoms with Crippen LogP contribution in [0.4, 0.5) is 0 Å². The molecule has 2 fully saturated rings. The number of ether oxygens (including phenoxy) is 4. The molecule has 0 bridgehead atoms. The molecule has 1 saturated carbocycles.